The van der Waals surface area contributed by atoms with E-state index in [1.165, 1.54) is 12.1 Å². The minimum absolute atomic E-state index is 0.0744. The molecule has 0 aromatic heterocycles. The number of amides is 1. The Balaban J connectivity index is 1.75. The third-order valence-corrected chi connectivity index (χ3v) is 3.70. The first-order valence-corrected chi connectivity index (χ1v) is 7.09. The highest BCUT2D eigenvalue weighted by Gasteiger charge is 2.29. The second kappa shape index (κ2) is 6.49. The number of thioether (sulfide) groups is 1. The highest BCUT2D eigenvalue weighted by Crippen LogP contribution is 2.36. The Morgan fingerprint density at radius 1 is 1.30 bits per heavy atom. The summed E-state index contributed by atoms with van der Waals surface area (Å²) in [5, 5.41) is 6.03. The number of benzene rings is 1. The van der Waals surface area contributed by atoms with E-state index in [1.54, 1.807) is 12.1 Å². The standard InChI is InChI=1S/C13H15F3N2OS/c14-13(15,16)20-11-4-1-9(2-5-11)7-17-8-10-3-6-12(19)18-10/h1-2,4-5,10,17H,3,6-8H2,(H,18,19). The number of hydrogen-bond donors (Lipinski definition) is 2. The molecule has 1 unspecified atom stereocenters. The molecular weight excluding hydrogens is 289 g/mol. The number of rotatable bonds is 5. The van der Waals surface area contributed by atoms with Gasteiger partial charge in [0.25, 0.3) is 0 Å². The minimum atomic E-state index is -4.25. The molecule has 0 aliphatic carbocycles. The van der Waals surface area contributed by atoms with E-state index in [0.717, 1.165) is 12.0 Å². The van der Waals surface area contributed by atoms with Crippen LogP contribution in [0.25, 0.3) is 0 Å². The van der Waals surface area contributed by atoms with Crippen molar-refractivity contribution in [2.75, 3.05) is 6.54 Å². The van der Waals surface area contributed by atoms with Crippen LogP contribution in [0.3, 0.4) is 0 Å². The van der Waals surface area contributed by atoms with Crippen molar-refractivity contribution < 1.29 is 18.0 Å². The zero-order chi connectivity index (χ0) is 14.6. The summed E-state index contributed by atoms with van der Waals surface area (Å²) < 4.78 is 36.5. The van der Waals surface area contributed by atoms with Gasteiger partial charge in [-0.05, 0) is 35.9 Å². The maximum absolute atomic E-state index is 12.2. The predicted molar refractivity (Wildman–Crippen MR) is 71.2 cm³/mol. The van der Waals surface area contributed by atoms with Crippen LogP contribution in [0, 0.1) is 0 Å². The summed E-state index contributed by atoms with van der Waals surface area (Å²) in [6.45, 7) is 1.24. The molecule has 1 saturated heterocycles. The van der Waals surface area contributed by atoms with Crippen LogP contribution in [-0.4, -0.2) is 24.0 Å². The number of carbonyl (C=O) groups is 1. The van der Waals surface area contributed by atoms with E-state index in [2.05, 4.69) is 10.6 Å². The molecule has 2 rings (SSSR count). The van der Waals surface area contributed by atoms with Gasteiger partial charge in [0.05, 0.1) is 0 Å². The summed E-state index contributed by atoms with van der Waals surface area (Å²) in [5.74, 6) is 0.0744. The van der Waals surface area contributed by atoms with Crippen molar-refractivity contribution in [3.63, 3.8) is 0 Å². The summed E-state index contributed by atoms with van der Waals surface area (Å²) in [4.78, 5) is 11.2. The first kappa shape index (κ1) is 15.2. The van der Waals surface area contributed by atoms with Crippen molar-refractivity contribution >= 4 is 17.7 Å². The van der Waals surface area contributed by atoms with Crippen molar-refractivity contribution in [2.24, 2.45) is 0 Å². The fourth-order valence-corrected chi connectivity index (χ4v) is 2.57. The zero-order valence-corrected chi connectivity index (χ0v) is 11.5. The van der Waals surface area contributed by atoms with Crippen LogP contribution >= 0.6 is 11.8 Å². The Kier molecular flexibility index (Phi) is 4.93. The van der Waals surface area contributed by atoms with E-state index in [9.17, 15) is 18.0 Å². The first-order valence-electron chi connectivity index (χ1n) is 6.27. The average molecular weight is 304 g/mol. The molecule has 1 aromatic rings. The predicted octanol–water partition coefficient (Wildman–Crippen LogP) is 2.67. The molecule has 0 saturated carbocycles. The summed E-state index contributed by atoms with van der Waals surface area (Å²) in [5.41, 5.74) is -3.33. The van der Waals surface area contributed by atoms with Gasteiger partial charge in [-0.2, -0.15) is 13.2 Å². The number of nitrogens with one attached hydrogen (secondary N) is 2. The molecular formula is C13H15F3N2OS. The van der Waals surface area contributed by atoms with Crippen molar-refractivity contribution in [1.82, 2.24) is 10.6 Å². The third-order valence-electron chi connectivity index (χ3n) is 2.96. The monoisotopic (exact) mass is 304 g/mol. The van der Waals surface area contributed by atoms with E-state index < -0.39 is 5.51 Å². The molecule has 1 aliphatic rings. The van der Waals surface area contributed by atoms with Crippen LogP contribution in [0.15, 0.2) is 29.2 Å². The van der Waals surface area contributed by atoms with Crippen molar-refractivity contribution in [3.05, 3.63) is 29.8 Å². The van der Waals surface area contributed by atoms with Gasteiger partial charge in [0.1, 0.15) is 0 Å². The zero-order valence-electron chi connectivity index (χ0n) is 10.7. The summed E-state index contributed by atoms with van der Waals surface area (Å²) in [7, 11) is 0. The number of halogens is 3. The maximum atomic E-state index is 12.2. The maximum Gasteiger partial charge on any atom is 0.446 e. The van der Waals surface area contributed by atoms with Crippen LogP contribution in [0.1, 0.15) is 18.4 Å². The second-order valence-electron chi connectivity index (χ2n) is 4.63. The quantitative estimate of drug-likeness (QED) is 0.822. The lowest BCUT2D eigenvalue weighted by Gasteiger charge is -2.11. The molecule has 1 aliphatic heterocycles. The molecule has 7 heteroatoms. The fourth-order valence-electron chi connectivity index (χ4n) is 2.03. The number of hydrogen-bond acceptors (Lipinski definition) is 3. The second-order valence-corrected chi connectivity index (χ2v) is 5.76. The lowest BCUT2D eigenvalue weighted by molar-refractivity contribution is -0.119. The molecule has 1 amide bonds. The van der Waals surface area contributed by atoms with E-state index >= 15 is 0 Å². The molecule has 1 fully saturated rings. The van der Waals surface area contributed by atoms with Crippen LogP contribution in [0.4, 0.5) is 13.2 Å². The molecule has 0 radical (unpaired) electrons. The van der Waals surface area contributed by atoms with Gasteiger partial charge >= 0.3 is 5.51 Å². The lowest BCUT2D eigenvalue weighted by atomic mass is 10.2. The Labute approximate surface area is 119 Å². The largest absolute Gasteiger partial charge is 0.446 e. The number of alkyl halides is 3. The Morgan fingerprint density at radius 2 is 2.00 bits per heavy atom. The van der Waals surface area contributed by atoms with Crippen molar-refractivity contribution in [3.8, 4) is 0 Å². The lowest BCUT2D eigenvalue weighted by Crippen LogP contribution is -2.35. The van der Waals surface area contributed by atoms with E-state index in [1.807, 2.05) is 0 Å². The van der Waals surface area contributed by atoms with Gasteiger partial charge in [-0.3, -0.25) is 4.79 Å². The third kappa shape index (κ3) is 5.05. The molecule has 2 N–H and O–H groups in total. The van der Waals surface area contributed by atoms with Crippen LogP contribution in [-0.2, 0) is 11.3 Å². The molecule has 1 atom stereocenters. The molecule has 0 bridgehead atoms. The van der Waals surface area contributed by atoms with Crippen LogP contribution < -0.4 is 10.6 Å². The van der Waals surface area contributed by atoms with E-state index in [-0.39, 0.29) is 28.6 Å². The van der Waals surface area contributed by atoms with Gasteiger partial charge in [0, 0.05) is 30.4 Å². The Morgan fingerprint density at radius 3 is 2.55 bits per heavy atom. The van der Waals surface area contributed by atoms with Gasteiger partial charge in [-0.25, -0.2) is 0 Å². The van der Waals surface area contributed by atoms with E-state index in [4.69, 9.17) is 0 Å². The summed E-state index contributed by atoms with van der Waals surface area (Å²) >= 11 is -0.114. The molecule has 0 spiro atoms. The Hall–Kier alpha value is -1.21. The van der Waals surface area contributed by atoms with Gasteiger partial charge in [0.15, 0.2) is 0 Å². The fraction of sp³-hybridized carbons (Fsp3) is 0.462. The highest BCUT2D eigenvalue weighted by molar-refractivity contribution is 8.00. The van der Waals surface area contributed by atoms with Gasteiger partial charge in [-0.15, -0.1) is 0 Å². The number of carbonyl (C=O) groups excluding carboxylic acids is 1. The minimum Gasteiger partial charge on any atom is -0.352 e. The van der Waals surface area contributed by atoms with Gasteiger partial charge < -0.3 is 10.6 Å². The van der Waals surface area contributed by atoms with Crippen molar-refractivity contribution in [2.45, 2.75) is 35.8 Å². The normalized spacial score (nSPS) is 19.1. The topological polar surface area (TPSA) is 41.1 Å². The molecule has 110 valence electrons. The van der Waals surface area contributed by atoms with Crippen LogP contribution in [0.2, 0.25) is 0 Å². The summed E-state index contributed by atoms with van der Waals surface area (Å²) in [6.07, 6.45) is 1.39. The van der Waals surface area contributed by atoms with Crippen LogP contribution in [0.5, 0.6) is 0 Å². The highest BCUT2D eigenvalue weighted by atomic mass is 32.2. The molecule has 1 heterocycles. The average Bonchev–Trinajstić information content (AvgIpc) is 2.75. The molecule has 20 heavy (non-hydrogen) atoms. The SMILES string of the molecule is O=C1CCC(CNCc2ccc(SC(F)(F)F)cc2)N1. The summed E-state index contributed by atoms with van der Waals surface area (Å²) in [6, 6.07) is 6.43. The molecule has 1 aromatic carbocycles. The smallest absolute Gasteiger partial charge is 0.352 e. The van der Waals surface area contributed by atoms with Gasteiger partial charge in [0.2, 0.25) is 5.91 Å². The van der Waals surface area contributed by atoms with Crippen molar-refractivity contribution in [1.29, 1.82) is 0 Å². The Bertz CT molecular complexity index is 462. The van der Waals surface area contributed by atoms with E-state index in [0.29, 0.717) is 19.5 Å². The first-order chi connectivity index (χ1) is 9.42. The van der Waals surface area contributed by atoms with Gasteiger partial charge in [-0.1, -0.05) is 12.1 Å². The molecule has 3 nitrogen and oxygen atoms in total.